The second-order valence-electron chi connectivity index (χ2n) is 5.61. The molecular formula is C18H22N2O3S2. The zero-order valence-corrected chi connectivity index (χ0v) is 16.0. The average Bonchev–Trinajstić information content (AvgIpc) is 3.16. The van der Waals surface area contributed by atoms with Crippen LogP contribution in [0.5, 0.6) is 0 Å². The number of nitrogens with one attached hydrogen (secondary N) is 1. The summed E-state index contributed by atoms with van der Waals surface area (Å²) >= 11 is 5.76. The second kappa shape index (κ2) is 9.58. The molecule has 2 rings (SSSR count). The highest BCUT2D eigenvalue weighted by Gasteiger charge is 2.25. The molecule has 0 aliphatic carbocycles. The van der Waals surface area contributed by atoms with Gasteiger partial charge in [0.25, 0.3) is 0 Å². The molecule has 0 bridgehead atoms. The SMILES string of the molecule is CCC(CS)C(=O)N[C@@H](Cc1ccc(-c2nccs2)cc1)C(=O)OC. The summed E-state index contributed by atoms with van der Waals surface area (Å²) in [7, 11) is 1.32. The summed E-state index contributed by atoms with van der Waals surface area (Å²) in [5.74, 6) is -0.403. The minimum atomic E-state index is -0.711. The number of carbonyl (C=O) groups is 2. The fourth-order valence-electron chi connectivity index (χ4n) is 2.41. The number of thiol groups is 1. The number of rotatable bonds is 8. The van der Waals surface area contributed by atoms with E-state index >= 15 is 0 Å². The molecule has 134 valence electrons. The van der Waals surface area contributed by atoms with Gasteiger partial charge in [-0.1, -0.05) is 31.2 Å². The van der Waals surface area contributed by atoms with Crippen molar-refractivity contribution < 1.29 is 14.3 Å². The molecular weight excluding hydrogens is 356 g/mol. The highest BCUT2D eigenvalue weighted by atomic mass is 32.1. The summed E-state index contributed by atoms with van der Waals surface area (Å²) in [5, 5.41) is 5.66. The van der Waals surface area contributed by atoms with Crippen LogP contribution in [0.1, 0.15) is 18.9 Å². The molecule has 1 unspecified atom stereocenters. The summed E-state index contributed by atoms with van der Waals surface area (Å²) in [5.41, 5.74) is 1.97. The van der Waals surface area contributed by atoms with Crippen LogP contribution in [-0.2, 0) is 20.7 Å². The summed E-state index contributed by atoms with van der Waals surface area (Å²) in [6.07, 6.45) is 2.81. The van der Waals surface area contributed by atoms with Gasteiger partial charge in [0.15, 0.2) is 0 Å². The molecule has 0 fully saturated rings. The molecule has 1 heterocycles. The largest absolute Gasteiger partial charge is 0.467 e. The molecule has 1 aromatic carbocycles. The number of thiazole rings is 1. The van der Waals surface area contributed by atoms with Gasteiger partial charge < -0.3 is 10.1 Å². The third-order valence-corrected chi connectivity index (χ3v) is 5.22. The van der Waals surface area contributed by atoms with Gasteiger partial charge in [0.2, 0.25) is 5.91 Å². The molecule has 25 heavy (non-hydrogen) atoms. The quantitative estimate of drug-likeness (QED) is 0.547. The second-order valence-corrected chi connectivity index (χ2v) is 6.87. The van der Waals surface area contributed by atoms with Crippen molar-refractivity contribution in [2.24, 2.45) is 5.92 Å². The summed E-state index contributed by atoms with van der Waals surface area (Å²) in [6.45, 7) is 1.92. The van der Waals surface area contributed by atoms with Crippen molar-refractivity contribution in [3.8, 4) is 10.6 Å². The van der Waals surface area contributed by atoms with E-state index in [-0.39, 0.29) is 11.8 Å². The Morgan fingerprint density at radius 1 is 1.32 bits per heavy atom. The zero-order chi connectivity index (χ0) is 18.2. The Morgan fingerprint density at radius 3 is 2.56 bits per heavy atom. The number of carbonyl (C=O) groups excluding carboxylic acids is 2. The van der Waals surface area contributed by atoms with E-state index in [1.807, 2.05) is 36.6 Å². The van der Waals surface area contributed by atoms with Crippen molar-refractivity contribution >= 4 is 35.8 Å². The number of nitrogens with zero attached hydrogens (tertiary/aromatic N) is 1. The van der Waals surface area contributed by atoms with E-state index in [4.69, 9.17) is 4.74 Å². The van der Waals surface area contributed by atoms with E-state index in [1.54, 1.807) is 17.5 Å². The van der Waals surface area contributed by atoms with Gasteiger partial charge in [-0.3, -0.25) is 4.79 Å². The molecule has 2 atom stereocenters. The molecule has 1 amide bonds. The minimum absolute atomic E-state index is 0.174. The molecule has 0 saturated carbocycles. The average molecular weight is 379 g/mol. The van der Waals surface area contributed by atoms with Gasteiger partial charge in [0.1, 0.15) is 11.0 Å². The van der Waals surface area contributed by atoms with Crippen LogP contribution < -0.4 is 5.32 Å². The van der Waals surface area contributed by atoms with E-state index in [1.165, 1.54) is 7.11 Å². The number of ether oxygens (including phenoxy) is 1. The lowest BCUT2D eigenvalue weighted by molar-refractivity contribution is -0.145. The Kier molecular flexibility index (Phi) is 7.46. The molecule has 0 radical (unpaired) electrons. The van der Waals surface area contributed by atoms with Crippen LogP contribution in [-0.4, -0.2) is 35.8 Å². The number of methoxy groups -OCH3 is 1. The highest BCUT2D eigenvalue weighted by Crippen LogP contribution is 2.22. The van der Waals surface area contributed by atoms with Crippen LogP contribution in [0.25, 0.3) is 10.6 Å². The Balaban J connectivity index is 2.08. The highest BCUT2D eigenvalue weighted by molar-refractivity contribution is 7.80. The smallest absolute Gasteiger partial charge is 0.328 e. The van der Waals surface area contributed by atoms with Gasteiger partial charge in [-0.05, 0) is 12.0 Å². The molecule has 2 aromatic rings. The number of aromatic nitrogens is 1. The van der Waals surface area contributed by atoms with Crippen molar-refractivity contribution in [2.45, 2.75) is 25.8 Å². The normalized spacial score (nSPS) is 13.1. The first-order chi connectivity index (χ1) is 12.1. The maximum absolute atomic E-state index is 12.3. The van der Waals surface area contributed by atoms with Crippen LogP contribution in [0.2, 0.25) is 0 Å². The summed E-state index contributed by atoms with van der Waals surface area (Å²) in [6, 6.07) is 7.10. The van der Waals surface area contributed by atoms with Crippen molar-refractivity contribution in [3.05, 3.63) is 41.4 Å². The van der Waals surface area contributed by atoms with Crippen molar-refractivity contribution in [1.29, 1.82) is 0 Å². The van der Waals surface area contributed by atoms with Crippen molar-refractivity contribution in [2.75, 3.05) is 12.9 Å². The third-order valence-electron chi connectivity index (χ3n) is 3.96. The third kappa shape index (κ3) is 5.31. The van der Waals surface area contributed by atoms with Gasteiger partial charge in [-0.15, -0.1) is 11.3 Å². The molecule has 0 aliphatic rings. The number of hydrogen-bond acceptors (Lipinski definition) is 6. The lowest BCUT2D eigenvalue weighted by atomic mass is 10.0. The zero-order valence-electron chi connectivity index (χ0n) is 14.3. The Labute approximate surface area is 157 Å². The molecule has 5 nitrogen and oxygen atoms in total. The first kappa shape index (κ1) is 19.5. The lowest BCUT2D eigenvalue weighted by Crippen LogP contribution is -2.45. The predicted octanol–water partition coefficient (Wildman–Crippen LogP) is 2.97. The van der Waals surface area contributed by atoms with Crippen molar-refractivity contribution in [3.63, 3.8) is 0 Å². The first-order valence-corrected chi connectivity index (χ1v) is 9.58. The van der Waals surface area contributed by atoms with E-state index < -0.39 is 12.0 Å². The molecule has 0 spiro atoms. The Morgan fingerprint density at radius 2 is 2.04 bits per heavy atom. The number of amides is 1. The Hall–Kier alpha value is -1.86. The minimum Gasteiger partial charge on any atom is -0.467 e. The van der Waals surface area contributed by atoms with Gasteiger partial charge in [0.05, 0.1) is 7.11 Å². The number of esters is 1. The predicted molar refractivity (Wildman–Crippen MR) is 103 cm³/mol. The summed E-state index contributed by atoms with van der Waals surface area (Å²) < 4.78 is 4.83. The van der Waals surface area contributed by atoms with Gasteiger partial charge in [-0.25, -0.2) is 9.78 Å². The number of benzene rings is 1. The van der Waals surface area contributed by atoms with Crippen LogP contribution in [0.3, 0.4) is 0 Å². The standard InChI is InChI=1S/C18H22N2O3S2/c1-3-13(11-24)16(21)20-15(18(22)23-2)10-12-4-6-14(7-5-12)17-19-8-9-25-17/h4-9,13,15,24H,3,10-11H2,1-2H3,(H,20,21)/t13?,15-/m0/s1. The van der Waals surface area contributed by atoms with Crippen LogP contribution >= 0.6 is 24.0 Å². The molecule has 7 heteroatoms. The van der Waals surface area contributed by atoms with E-state index in [9.17, 15) is 9.59 Å². The van der Waals surface area contributed by atoms with Crippen LogP contribution in [0.15, 0.2) is 35.8 Å². The van der Waals surface area contributed by atoms with Gasteiger partial charge >= 0.3 is 5.97 Å². The van der Waals surface area contributed by atoms with Crippen molar-refractivity contribution in [1.82, 2.24) is 10.3 Å². The molecule has 1 aromatic heterocycles. The first-order valence-electron chi connectivity index (χ1n) is 8.06. The molecule has 0 saturated heterocycles. The van der Waals surface area contributed by atoms with Gasteiger partial charge in [-0.2, -0.15) is 12.6 Å². The lowest BCUT2D eigenvalue weighted by Gasteiger charge is -2.20. The Bertz CT molecular complexity index is 683. The van der Waals surface area contributed by atoms with Gasteiger partial charge in [0, 0.05) is 35.2 Å². The van der Waals surface area contributed by atoms with E-state index in [2.05, 4.69) is 22.9 Å². The number of hydrogen-bond donors (Lipinski definition) is 2. The molecule has 1 N–H and O–H groups in total. The topological polar surface area (TPSA) is 68.3 Å². The fourth-order valence-corrected chi connectivity index (χ4v) is 3.48. The maximum atomic E-state index is 12.3. The van der Waals surface area contributed by atoms with Crippen LogP contribution in [0, 0.1) is 5.92 Å². The monoisotopic (exact) mass is 378 g/mol. The fraction of sp³-hybridized carbons (Fsp3) is 0.389. The van der Waals surface area contributed by atoms with E-state index in [0.29, 0.717) is 18.6 Å². The van der Waals surface area contributed by atoms with E-state index in [0.717, 1.165) is 16.1 Å². The van der Waals surface area contributed by atoms with Crippen LogP contribution in [0.4, 0.5) is 0 Å². The maximum Gasteiger partial charge on any atom is 0.328 e. The molecule has 0 aliphatic heterocycles. The summed E-state index contributed by atoms with van der Waals surface area (Å²) in [4.78, 5) is 28.6.